The lowest BCUT2D eigenvalue weighted by Crippen LogP contribution is -2.53. The first kappa shape index (κ1) is 23.6. The topological polar surface area (TPSA) is 0 Å². The quantitative estimate of drug-likeness (QED) is 0.381. The molecule has 0 aromatic carbocycles. The molecule has 0 aromatic rings. The number of hydrogen-bond donors (Lipinski definition) is 0. The van der Waals surface area contributed by atoms with Gasteiger partial charge in [-0.1, -0.05) is 97.4 Å². The van der Waals surface area contributed by atoms with E-state index in [2.05, 4.69) is 54.2 Å². The van der Waals surface area contributed by atoms with Gasteiger partial charge in [0.15, 0.2) is 0 Å². The smallest absolute Gasteiger partial charge is 0.00788 e. The highest BCUT2D eigenvalue weighted by Gasteiger charge is 2.61. The summed E-state index contributed by atoms with van der Waals surface area (Å²) >= 11 is 0. The monoisotopic (exact) mass is 424 g/mol. The third-order valence-electron chi connectivity index (χ3n) is 11.1. The van der Waals surface area contributed by atoms with Gasteiger partial charge in [-0.05, 0) is 97.2 Å². The van der Waals surface area contributed by atoms with Gasteiger partial charge in [-0.3, -0.25) is 0 Å². The summed E-state index contributed by atoms with van der Waals surface area (Å²) in [4.78, 5) is 0. The maximum Gasteiger partial charge on any atom is -0.00788 e. The molecule has 3 fully saturated rings. The minimum atomic E-state index is 0.471. The fourth-order valence-corrected chi connectivity index (χ4v) is 9.48. The zero-order valence-electron chi connectivity index (χ0n) is 21.8. The Kier molecular flexibility index (Phi) is 6.88. The fraction of sp³-hybridized carbons (Fsp3) is 0.871. The van der Waals surface area contributed by atoms with Crippen LogP contribution in [-0.2, 0) is 0 Å². The lowest BCUT2D eigenvalue weighted by atomic mass is 9.43. The van der Waals surface area contributed by atoms with Crippen molar-refractivity contribution in [2.45, 2.75) is 119 Å². The summed E-state index contributed by atoms with van der Waals surface area (Å²) in [5.74, 6) is 6.60. The second kappa shape index (κ2) is 9.02. The van der Waals surface area contributed by atoms with Gasteiger partial charge in [0.25, 0.3) is 0 Å². The summed E-state index contributed by atoms with van der Waals surface area (Å²) in [5, 5.41) is 0. The molecule has 8 atom stereocenters. The summed E-state index contributed by atoms with van der Waals surface area (Å²) in [6, 6.07) is 0. The van der Waals surface area contributed by atoms with Crippen LogP contribution in [0.3, 0.4) is 0 Å². The van der Waals surface area contributed by atoms with Gasteiger partial charge in [0, 0.05) is 0 Å². The van der Waals surface area contributed by atoms with Gasteiger partial charge in [0.1, 0.15) is 0 Å². The van der Waals surface area contributed by atoms with Crippen LogP contribution in [0.15, 0.2) is 23.8 Å². The van der Waals surface area contributed by atoms with Gasteiger partial charge in [0.05, 0.1) is 0 Å². The summed E-state index contributed by atoms with van der Waals surface area (Å²) in [6.45, 7) is 19.6. The van der Waals surface area contributed by atoms with E-state index in [0.717, 1.165) is 41.4 Å². The Morgan fingerprint density at radius 1 is 1.03 bits per heavy atom. The van der Waals surface area contributed by atoms with Crippen LogP contribution in [0.1, 0.15) is 119 Å². The van der Waals surface area contributed by atoms with Crippen molar-refractivity contribution >= 4 is 0 Å². The van der Waals surface area contributed by atoms with Gasteiger partial charge in [0.2, 0.25) is 0 Å². The molecule has 8 unspecified atom stereocenters. The molecule has 176 valence electrons. The summed E-state index contributed by atoms with van der Waals surface area (Å²) in [6.07, 6.45) is 19.7. The number of fused-ring (bicyclic) bond motifs is 5. The molecule has 3 saturated carbocycles. The average Bonchev–Trinajstić information content (AvgIpc) is 3.06. The van der Waals surface area contributed by atoms with Crippen molar-refractivity contribution in [3.8, 4) is 0 Å². The molecule has 0 bridgehead atoms. The zero-order valence-corrected chi connectivity index (χ0v) is 21.8. The van der Waals surface area contributed by atoms with Crippen molar-refractivity contribution in [2.75, 3.05) is 0 Å². The molecule has 0 aromatic heterocycles. The van der Waals surface area contributed by atoms with Crippen LogP contribution in [0.25, 0.3) is 0 Å². The fourth-order valence-electron chi connectivity index (χ4n) is 9.48. The summed E-state index contributed by atoms with van der Waals surface area (Å²) in [7, 11) is 0. The Labute approximate surface area is 194 Å². The molecule has 0 nitrogen and oxygen atoms in total. The second-order valence-electron chi connectivity index (χ2n) is 13.3. The highest BCUT2D eigenvalue weighted by Crippen LogP contribution is 2.69. The number of allylic oxidation sites excluding steroid dienone is 3. The van der Waals surface area contributed by atoms with Crippen LogP contribution >= 0.6 is 0 Å². The van der Waals surface area contributed by atoms with E-state index >= 15 is 0 Å². The van der Waals surface area contributed by atoms with Crippen molar-refractivity contribution in [2.24, 2.45) is 52.3 Å². The van der Waals surface area contributed by atoms with Gasteiger partial charge in [-0.25, -0.2) is 0 Å². The molecule has 4 aliphatic rings. The Bertz CT molecular complexity index is 682. The van der Waals surface area contributed by atoms with Crippen LogP contribution in [0.5, 0.6) is 0 Å². The molecule has 0 saturated heterocycles. The Hall–Kier alpha value is -0.520. The van der Waals surface area contributed by atoms with Gasteiger partial charge in [-0.15, -0.1) is 0 Å². The molecular formula is C31H52. The van der Waals surface area contributed by atoms with E-state index < -0.39 is 0 Å². The molecule has 0 radical (unpaired) electrons. The summed E-state index contributed by atoms with van der Waals surface area (Å²) < 4.78 is 0. The first-order valence-electron chi connectivity index (χ1n) is 14.1. The van der Waals surface area contributed by atoms with E-state index in [0.29, 0.717) is 10.8 Å². The van der Waals surface area contributed by atoms with Crippen molar-refractivity contribution in [1.82, 2.24) is 0 Å². The van der Waals surface area contributed by atoms with E-state index in [1.165, 1.54) is 82.6 Å². The Morgan fingerprint density at radius 2 is 1.81 bits per heavy atom. The van der Waals surface area contributed by atoms with E-state index in [-0.39, 0.29) is 0 Å². The third-order valence-corrected chi connectivity index (χ3v) is 11.1. The predicted molar refractivity (Wildman–Crippen MR) is 136 cm³/mol. The first-order valence-corrected chi connectivity index (χ1v) is 14.1. The molecule has 31 heavy (non-hydrogen) atoms. The molecule has 0 heterocycles. The van der Waals surface area contributed by atoms with E-state index in [9.17, 15) is 0 Å². The number of hydrogen-bond acceptors (Lipinski definition) is 0. The second-order valence-corrected chi connectivity index (χ2v) is 13.3. The molecule has 4 rings (SSSR count). The van der Waals surface area contributed by atoms with E-state index in [1.54, 1.807) is 5.57 Å². The van der Waals surface area contributed by atoms with Gasteiger partial charge >= 0.3 is 0 Å². The van der Waals surface area contributed by atoms with Crippen molar-refractivity contribution < 1.29 is 0 Å². The highest BCUT2D eigenvalue weighted by atomic mass is 14.7. The van der Waals surface area contributed by atoms with Crippen LogP contribution in [0.4, 0.5) is 0 Å². The molecule has 0 amide bonds. The first-order chi connectivity index (χ1) is 14.7. The lowest BCUT2D eigenvalue weighted by molar-refractivity contribution is -0.0852. The standard InChI is InChI=1S/C31H52/c1-8-10-24-20-25-19-22(4)15-17-30(25,6)28-16-18-31(7)26(13-14-27(31)29(24)28)23(5)12-9-11-21(2)3/h19,21,23-24,26-29H,4,8-18,20H2,1-3,5-7H3. The molecular weight excluding hydrogens is 372 g/mol. The Morgan fingerprint density at radius 3 is 2.52 bits per heavy atom. The van der Waals surface area contributed by atoms with E-state index in [1.807, 2.05) is 0 Å². The van der Waals surface area contributed by atoms with Crippen LogP contribution in [0, 0.1) is 52.3 Å². The van der Waals surface area contributed by atoms with Crippen molar-refractivity contribution in [3.63, 3.8) is 0 Å². The minimum absolute atomic E-state index is 0.471. The van der Waals surface area contributed by atoms with Crippen LogP contribution < -0.4 is 0 Å². The maximum absolute atomic E-state index is 4.36. The van der Waals surface area contributed by atoms with E-state index in [4.69, 9.17) is 0 Å². The SMILES string of the molecule is C=C1C=C2CC(CCC)C3C(CCC4(C)C(C(C)CCCC(C)C)CCC34)C2(C)CC1. The summed E-state index contributed by atoms with van der Waals surface area (Å²) in [5.41, 5.74) is 4.28. The average molecular weight is 425 g/mol. The predicted octanol–water partition coefficient (Wildman–Crippen LogP) is 9.61. The van der Waals surface area contributed by atoms with Crippen LogP contribution in [-0.4, -0.2) is 0 Å². The number of rotatable bonds is 7. The largest absolute Gasteiger partial charge is 0.0958 e. The van der Waals surface area contributed by atoms with Gasteiger partial charge < -0.3 is 0 Å². The lowest BCUT2D eigenvalue weighted by Gasteiger charge is -2.61. The van der Waals surface area contributed by atoms with Crippen molar-refractivity contribution in [3.05, 3.63) is 23.8 Å². The normalized spacial score (nSPS) is 43.3. The Balaban J connectivity index is 1.58. The third kappa shape index (κ3) is 4.12. The van der Waals surface area contributed by atoms with Crippen LogP contribution in [0.2, 0.25) is 0 Å². The molecule has 0 heteroatoms. The molecule has 4 aliphatic carbocycles. The molecule has 0 spiro atoms. The molecule has 0 N–H and O–H groups in total. The maximum atomic E-state index is 4.36. The molecule has 0 aliphatic heterocycles. The zero-order chi connectivity index (χ0) is 22.4. The highest BCUT2D eigenvalue weighted by molar-refractivity contribution is 5.34. The minimum Gasteiger partial charge on any atom is -0.0958 e. The van der Waals surface area contributed by atoms with Gasteiger partial charge in [-0.2, -0.15) is 0 Å². The van der Waals surface area contributed by atoms with Crippen molar-refractivity contribution in [1.29, 1.82) is 0 Å².